The molecule has 8 rings (SSSR count). The molecule has 0 aliphatic rings. The van der Waals surface area contributed by atoms with Gasteiger partial charge in [0.2, 0.25) is 0 Å². The van der Waals surface area contributed by atoms with Gasteiger partial charge < -0.3 is 5.32 Å². The molecule has 0 fully saturated rings. The molecule has 1 N–H and O–H groups in total. The first-order valence-electron chi connectivity index (χ1n) is 17.3. The first-order chi connectivity index (χ1) is 26.1. The SMILES string of the molecule is Fc1ccc(Nc2ccc(F)cc2)cc1.[Cu].c1ccc(P(c2ccccc2)c2ccccc2)cc1.c1ccc(P(c2ccccc2)c2ccccc2)cc1. The molecule has 8 aromatic rings. The molecule has 0 unspecified atom stereocenters. The zero-order valence-corrected chi connectivity index (χ0v) is 32.1. The second kappa shape index (κ2) is 21.5. The Morgan fingerprint density at radius 1 is 0.259 bits per heavy atom. The summed E-state index contributed by atoms with van der Waals surface area (Å²) in [4.78, 5) is 0. The predicted molar refractivity (Wildman–Crippen MR) is 226 cm³/mol. The number of nitrogens with one attached hydrogen (secondary N) is 1. The van der Waals surface area contributed by atoms with Crippen molar-refractivity contribution in [1.82, 2.24) is 0 Å². The van der Waals surface area contributed by atoms with Crippen molar-refractivity contribution in [3.63, 3.8) is 0 Å². The van der Waals surface area contributed by atoms with Crippen molar-refractivity contribution in [3.05, 3.63) is 242 Å². The Morgan fingerprint density at radius 3 is 0.630 bits per heavy atom. The average Bonchev–Trinajstić information content (AvgIpc) is 3.23. The smallest absolute Gasteiger partial charge is 0.123 e. The Labute approximate surface area is 330 Å². The summed E-state index contributed by atoms with van der Waals surface area (Å²) in [5.74, 6) is -0.556. The number of benzene rings is 8. The van der Waals surface area contributed by atoms with Crippen LogP contribution in [0.2, 0.25) is 0 Å². The Bertz CT molecular complexity index is 1850. The van der Waals surface area contributed by atoms with Gasteiger partial charge in [0.1, 0.15) is 11.6 Å². The van der Waals surface area contributed by atoms with Gasteiger partial charge in [-0.3, -0.25) is 0 Å². The van der Waals surface area contributed by atoms with Crippen LogP contribution in [0.25, 0.3) is 0 Å². The molecule has 271 valence electrons. The second-order valence-corrected chi connectivity index (χ2v) is 16.3. The van der Waals surface area contributed by atoms with Crippen LogP contribution < -0.4 is 37.1 Å². The number of halogens is 2. The van der Waals surface area contributed by atoms with Gasteiger partial charge in [0.15, 0.2) is 0 Å². The summed E-state index contributed by atoms with van der Waals surface area (Å²) in [7, 11) is -0.892. The second-order valence-electron chi connectivity index (χ2n) is 11.8. The van der Waals surface area contributed by atoms with E-state index in [0.29, 0.717) is 0 Å². The monoisotopic (exact) mass is 792 g/mol. The van der Waals surface area contributed by atoms with Crippen molar-refractivity contribution in [2.24, 2.45) is 0 Å². The summed E-state index contributed by atoms with van der Waals surface area (Å²) < 4.78 is 25.2. The summed E-state index contributed by atoms with van der Waals surface area (Å²) >= 11 is 0. The summed E-state index contributed by atoms with van der Waals surface area (Å²) in [5.41, 5.74) is 1.53. The Balaban J connectivity index is 0.000000156. The van der Waals surface area contributed by atoms with Gasteiger partial charge >= 0.3 is 0 Å². The van der Waals surface area contributed by atoms with Crippen LogP contribution in [-0.2, 0) is 17.1 Å². The van der Waals surface area contributed by atoms with Gasteiger partial charge in [-0.1, -0.05) is 182 Å². The fourth-order valence-electron chi connectivity index (χ4n) is 5.59. The van der Waals surface area contributed by atoms with Crippen LogP contribution in [0.3, 0.4) is 0 Å². The van der Waals surface area contributed by atoms with E-state index in [9.17, 15) is 8.78 Å². The van der Waals surface area contributed by atoms with Crippen molar-refractivity contribution >= 4 is 59.0 Å². The molecule has 0 aliphatic carbocycles. The van der Waals surface area contributed by atoms with E-state index in [4.69, 9.17) is 0 Å². The minimum Gasteiger partial charge on any atom is -0.356 e. The van der Waals surface area contributed by atoms with Crippen molar-refractivity contribution in [2.75, 3.05) is 5.32 Å². The molecule has 0 aliphatic heterocycles. The normalized spacial score (nSPS) is 10.2. The van der Waals surface area contributed by atoms with Gasteiger partial charge in [-0.15, -0.1) is 0 Å². The Hall–Kier alpha value is -5.20. The fourth-order valence-corrected chi connectivity index (χ4v) is 10.2. The Morgan fingerprint density at radius 2 is 0.444 bits per heavy atom. The molecule has 54 heavy (non-hydrogen) atoms. The van der Waals surface area contributed by atoms with Crippen LogP contribution in [0.4, 0.5) is 20.2 Å². The average molecular weight is 793 g/mol. The zero-order chi connectivity index (χ0) is 36.5. The van der Waals surface area contributed by atoms with Gasteiger partial charge in [-0.2, -0.15) is 0 Å². The fraction of sp³-hybridized carbons (Fsp3) is 0. The molecule has 0 heterocycles. The minimum atomic E-state index is -0.446. The summed E-state index contributed by atoms with van der Waals surface area (Å²) in [6.45, 7) is 0. The third kappa shape index (κ3) is 11.9. The van der Waals surface area contributed by atoms with E-state index in [-0.39, 0.29) is 28.7 Å². The molecule has 0 aromatic heterocycles. The van der Waals surface area contributed by atoms with Gasteiger partial charge in [0.25, 0.3) is 0 Å². The third-order valence-electron chi connectivity index (χ3n) is 8.06. The van der Waals surface area contributed by atoms with Crippen LogP contribution in [0.5, 0.6) is 0 Å². The standard InChI is InChI=1S/2C18H15P.C12H9F2N.Cu/c2*1-4-10-16(11-5-1)19(17-12-6-2-7-13-17)18-14-8-3-9-15-18;13-9-1-5-11(6-2-9)15-12-7-3-10(14)4-8-12;/h2*1-15H;1-8,15H;. The number of anilines is 2. The first kappa shape index (κ1) is 40.0. The van der Waals surface area contributed by atoms with Gasteiger partial charge in [0, 0.05) is 28.4 Å². The van der Waals surface area contributed by atoms with E-state index in [0.717, 1.165) is 11.4 Å². The molecule has 0 spiro atoms. The quantitative estimate of drug-likeness (QED) is 0.119. The molecule has 0 atom stereocenters. The maximum absolute atomic E-state index is 12.6. The maximum atomic E-state index is 12.6. The molecule has 0 bridgehead atoms. The predicted octanol–water partition coefficient (Wildman–Crippen LogP) is 10.6. The van der Waals surface area contributed by atoms with E-state index in [1.807, 2.05) is 0 Å². The molecule has 0 saturated carbocycles. The molecular formula is C48H39CuF2NP2. The van der Waals surface area contributed by atoms with E-state index in [1.165, 1.54) is 56.1 Å². The van der Waals surface area contributed by atoms with E-state index >= 15 is 0 Å². The minimum absolute atomic E-state index is 0. The molecule has 1 nitrogen and oxygen atoms in total. The molecular weight excluding hydrogens is 754 g/mol. The van der Waals surface area contributed by atoms with E-state index in [2.05, 4.69) is 187 Å². The van der Waals surface area contributed by atoms with Crippen LogP contribution in [0.15, 0.2) is 231 Å². The largest absolute Gasteiger partial charge is 0.356 e. The van der Waals surface area contributed by atoms with Crippen LogP contribution >= 0.6 is 15.8 Å². The van der Waals surface area contributed by atoms with Crippen molar-refractivity contribution in [2.45, 2.75) is 0 Å². The molecule has 0 saturated heterocycles. The van der Waals surface area contributed by atoms with Crippen LogP contribution in [-0.4, -0.2) is 0 Å². The number of rotatable bonds is 8. The molecule has 0 amide bonds. The third-order valence-corrected chi connectivity index (χ3v) is 13.0. The van der Waals surface area contributed by atoms with Crippen LogP contribution in [0.1, 0.15) is 0 Å². The molecule has 1 radical (unpaired) electrons. The van der Waals surface area contributed by atoms with E-state index in [1.54, 1.807) is 24.3 Å². The zero-order valence-electron chi connectivity index (χ0n) is 29.4. The summed E-state index contributed by atoms with van der Waals surface area (Å²) in [6.07, 6.45) is 0. The molecule has 8 aromatic carbocycles. The maximum Gasteiger partial charge on any atom is 0.123 e. The van der Waals surface area contributed by atoms with E-state index < -0.39 is 15.8 Å². The van der Waals surface area contributed by atoms with Crippen molar-refractivity contribution in [1.29, 1.82) is 0 Å². The van der Waals surface area contributed by atoms with Gasteiger partial charge in [-0.25, -0.2) is 8.78 Å². The van der Waals surface area contributed by atoms with Crippen molar-refractivity contribution < 1.29 is 25.8 Å². The van der Waals surface area contributed by atoms with Crippen molar-refractivity contribution in [3.8, 4) is 0 Å². The van der Waals surface area contributed by atoms with Crippen LogP contribution in [0, 0.1) is 11.6 Å². The van der Waals surface area contributed by atoms with Gasteiger partial charge in [-0.05, 0) is 96.2 Å². The topological polar surface area (TPSA) is 12.0 Å². The number of hydrogen-bond acceptors (Lipinski definition) is 1. The summed E-state index contributed by atoms with van der Waals surface area (Å²) in [5, 5.41) is 11.4. The molecule has 6 heteroatoms. The number of hydrogen-bond donors (Lipinski definition) is 1. The Kier molecular flexibility index (Phi) is 15.9. The van der Waals surface area contributed by atoms with Gasteiger partial charge in [0.05, 0.1) is 0 Å². The first-order valence-corrected chi connectivity index (χ1v) is 20.0. The summed E-state index contributed by atoms with van der Waals surface area (Å²) in [6, 6.07) is 76.6.